The van der Waals surface area contributed by atoms with Crippen LogP contribution in [0.15, 0.2) is 49.7 Å². The molecule has 0 radical (unpaired) electrons. The first kappa shape index (κ1) is 16.2. The number of para-hydroxylation sites is 1. The number of aromatic nitrogens is 4. The Labute approximate surface area is 140 Å². The lowest BCUT2D eigenvalue weighted by Crippen LogP contribution is -2.24. The van der Waals surface area contributed by atoms with Crippen LogP contribution in [0.25, 0.3) is 5.69 Å². The van der Waals surface area contributed by atoms with Crippen LogP contribution in [0.3, 0.4) is 0 Å². The third-order valence-electron chi connectivity index (χ3n) is 3.81. The number of rotatable bonds is 3. The van der Waals surface area contributed by atoms with Crippen LogP contribution in [0, 0.1) is 6.92 Å². The van der Waals surface area contributed by atoms with Crippen LogP contribution in [-0.4, -0.2) is 30.7 Å². The third kappa shape index (κ3) is 2.82. The van der Waals surface area contributed by atoms with Crippen LogP contribution in [0.1, 0.15) is 11.3 Å². The zero-order chi connectivity index (χ0) is 18.1. The van der Waals surface area contributed by atoms with Gasteiger partial charge in [-0.2, -0.15) is 0 Å². The van der Waals surface area contributed by atoms with Crippen molar-refractivity contribution in [3.8, 4) is 11.6 Å². The van der Waals surface area contributed by atoms with E-state index in [-0.39, 0.29) is 16.8 Å². The van der Waals surface area contributed by atoms with E-state index in [2.05, 4.69) is 9.98 Å². The molecule has 128 valence electrons. The van der Waals surface area contributed by atoms with Crippen LogP contribution in [0.4, 0.5) is 5.69 Å². The lowest BCUT2D eigenvalue weighted by molar-refractivity contribution is 0.447. The summed E-state index contributed by atoms with van der Waals surface area (Å²) < 4.78 is 3.08. The lowest BCUT2D eigenvalue weighted by atomic mass is 10.3. The molecule has 3 rings (SSSR count). The Kier molecular flexibility index (Phi) is 3.97. The van der Waals surface area contributed by atoms with Gasteiger partial charge in [-0.25, -0.2) is 14.5 Å². The zero-order valence-electron chi connectivity index (χ0n) is 13.5. The Morgan fingerprint density at radius 1 is 1.12 bits per heavy atom. The average Bonchev–Trinajstić information content (AvgIpc) is 2.78. The fraction of sp³-hybridized carbons (Fsp3) is 0.125. The van der Waals surface area contributed by atoms with E-state index in [4.69, 9.17) is 0 Å². The van der Waals surface area contributed by atoms with Gasteiger partial charge in [0.25, 0.3) is 11.1 Å². The molecule has 0 fully saturated rings. The Morgan fingerprint density at radius 2 is 1.80 bits per heavy atom. The summed E-state index contributed by atoms with van der Waals surface area (Å²) in [5.74, 6) is -0.616. The van der Waals surface area contributed by atoms with Crippen molar-refractivity contribution in [1.29, 1.82) is 0 Å². The number of aromatic hydroxyl groups is 1. The highest BCUT2D eigenvalue weighted by molar-refractivity contribution is 5.84. The highest BCUT2D eigenvalue weighted by Crippen LogP contribution is 2.16. The zero-order valence-corrected chi connectivity index (χ0v) is 13.5. The summed E-state index contributed by atoms with van der Waals surface area (Å²) in [5.41, 5.74) is -0.883. The summed E-state index contributed by atoms with van der Waals surface area (Å²) in [6.07, 6.45) is 1.04. The van der Waals surface area contributed by atoms with Gasteiger partial charge in [-0.05, 0) is 19.1 Å². The van der Waals surface area contributed by atoms with E-state index < -0.39 is 17.1 Å². The number of nitrogens with one attached hydrogen (secondary N) is 2. The van der Waals surface area contributed by atoms with Crippen LogP contribution < -0.4 is 16.8 Å². The second-order valence-electron chi connectivity index (χ2n) is 5.34. The number of nitrogens with zero attached hydrogens (tertiary/aromatic N) is 3. The highest BCUT2D eigenvalue weighted by Gasteiger charge is 2.15. The van der Waals surface area contributed by atoms with Gasteiger partial charge in [0.05, 0.1) is 11.4 Å². The Balaban J connectivity index is 2.13. The predicted octanol–water partition coefficient (Wildman–Crippen LogP) is 0.317. The maximum Gasteiger partial charge on any atom is 0.328 e. The summed E-state index contributed by atoms with van der Waals surface area (Å²) in [6, 6.07) is 9.03. The molecule has 0 unspecified atom stereocenters. The summed E-state index contributed by atoms with van der Waals surface area (Å²) in [7, 11) is 1.72. The smallest absolute Gasteiger partial charge is 0.328 e. The summed E-state index contributed by atoms with van der Waals surface area (Å²) in [4.78, 5) is 43.6. The normalized spacial score (nSPS) is 11.3. The molecular weight excluding hydrogens is 326 g/mol. The molecular formula is C16H15N5O4. The molecule has 3 N–H and O–H groups in total. The molecule has 0 atom stereocenters. The molecule has 0 spiro atoms. The molecule has 0 saturated heterocycles. The first-order chi connectivity index (χ1) is 11.9. The van der Waals surface area contributed by atoms with Crippen molar-refractivity contribution in [2.45, 2.75) is 6.92 Å². The van der Waals surface area contributed by atoms with Crippen molar-refractivity contribution in [1.82, 2.24) is 19.3 Å². The van der Waals surface area contributed by atoms with E-state index in [0.717, 1.165) is 6.21 Å². The molecule has 3 aromatic rings. The van der Waals surface area contributed by atoms with Crippen LogP contribution >= 0.6 is 0 Å². The molecule has 9 nitrogen and oxygen atoms in total. The number of aliphatic imine (C=N–C) groups is 1. The average molecular weight is 341 g/mol. The number of benzene rings is 1. The van der Waals surface area contributed by atoms with Gasteiger partial charge in [-0.15, -0.1) is 0 Å². The summed E-state index contributed by atoms with van der Waals surface area (Å²) >= 11 is 0. The monoisotopic (exact) mass is 341 g/mol. The van der Waals surface area contributed by atoms with Crippen molar-refractivity contribution < 1.29 is 5.11 Å². The van der Waals surface area contributed by atoms with Crippen molar-refractivity contribution >= 4 is 11.9 Å². The second-order valence-corrected chi connectivity index (χ2v) is 5.34. The van der Waals surface area contributed by atoms with Gasteiger partial charge < -0.3 is 5.11 Å². The van der Waals surface area contributed by atoms with Crippen LogP contribution in [0.5, 0.6) is 5.88 Å². The molecule has 0 aliphatic carbocycles. The Hall–Kier alpha value is -3.62. The molecule has 0 aliphatic heterocycles. The van der Waals surface area contributed by atoms with Gasteiger partial charge in [-0.1, -0.05) is 18.2 Å². The van der Waals surface area contributed by atoms with Gasteiger partial charge in [0.15, 0.2) is 5.69 Å². The topological polar surface area (TPSA) is 125 Å². The summed E-state index contributed by atoms with van der Waals surface area (Å²) in [6.45, 7) is 1.71. The van der Waals surface area contributed by atoms with Gasteiger partial charge in [0.2, 0.25) is 5.88 Å². The maximum atomic E-state index is 12.7. The first-order valence-electron chi connectivity index (χ1n) is 7.34. The molecule has 2 aromatic heterocycles. The maximum absolute atomic E-state index is 12.7. The molecule has 0 aliphatic rings. The van der Waals surface area contributed by atoms with Crippen molar-refractivity contribution in [2.24, 2.45) is 12.0 Å². The molecule has 0 saturated carbocycles. The second kappa shape index (κ2) is 6.11. The number of H-pyrrole nitrogens is 2. The number of hydrogen-bond acceptors (Lipinski definition) is 5. The van der Waals surface area contributed by atoms with Crippen molar-refractivity contribution in [3.63, 3.8) is 0 Å². The van der Waals surface area contributed by atoms with Gasteiger partial charge in [0, 0.05) is 13.3 Å². The van der Waals surface area contributed by atoms with Crippen molar-refractivity contribution in [2.75, 3.05) is 0 Å². The van der Waals surface area contributed by atoms with E-state index in [9.17, 15) is 19.5 Å². The van der Waals surface area contributed by atoms with Gasteiger partial charge in [-0.3, -0.25) is 24.2 Å². The Morgan fingerprint density at radius 3 is 2.44 bits per heavy atom. The Bertz CT molecular complexity index is 1130. The minimum absolute atomic E-state index is 0.122. The lowest BCUT2D eigenvalue weighted by Gasteiger charge is -2.07. The number of aromatic amines is 2. The molecule has 0 amide bonds. The first-order valence-corrected chi connectivity index (χ1v) is 7.34. The van der Waals surface area contributed by atoms with E-state index >= 15 is 0 Å². The van der Waals surface area contributed by atoms with Crippen LogP contribution in [0.2, 0.25) is 0 Å². The van der Waals surface area contributed by atoms with E-state index in [0.29, 0.717) is 11.4 Å². The molecule has 25 heavy (non-hydrogen) atoms. The van der Waals surface area contributed by atoms with Crippen molar-refractivity contribution in [3.05, 3.63) is 72.8 Å². The molecule has 2 heterocycles. The summed E-state index contributed by atoms with van der Waals surface area (Å²) in [5, 5.41) is 9.67. The van der Waals surface area contributed by atoms with Gasteiger partial charge >= 0.3 is 5.69 Å². The standard InChI is InChI=1S/C16H15N5O4/c1-9-12(17-8-11-13(22)18-16(25)19-14(11)23)15(24)21(20(9)2)10-6-4-3-5-7-10/h3-8H,1-2H3,(H3,18,19,22,23,25). The molecule has 1 aromatic carbocycles. The highest BCUT2D eigenvalue weighted by atomic mass is 16.3. The fourth-order valence-electron chi connectivity index (χ4n) is 2.44. The minimum Gasteiger partial charge on any atom is -0.494 e. The van der Waals surface area contributed by atoms with Crippen LogP contribution in [-0.2, 0) is 7.05 Å². The quantitative estimate of drug-likeness (QED) is 0.593. The van der Waals surface area contributed by atoms with Gasteiger partial charge in [0.1, 0.15) is 5.56 Å². The predicted molar refractivity (Wildman–Crippen MR) is 92.3 cm³/mol. The minimum atomic E-state index is -0.832. The van der Waals surface area contributed by atoms with E-state index in [1.807, 2.05) is 23.2 Å². The fourth-order valence-corrected chi connectivity index (χ4v) is 2.44. The number of hydrogen-bond donors (Lipinski definition) is 3. The molecule has 9 heteroatoms. The SMILES string of the molecule is Cc1c(N=Cc2c(O)[nH]c(=O)[nH]c2=O)c(=O)n(-c2ccccc2)n1C. The largest absolute Gasteiger partial charge is 0.494 e. The van der Waals surface area contributed by atoms with E-state index in [1.165, 1.54) is 4.68 Å². The van der Waals surface area contributed by atoms with E-state index in [1.54, 1.807) is 30.8 Å². The molecule has 0 bridgehead atoms. The third-order valence-corrected chi connectivity index (χ3v) is 3.81.